The van der Waals surface area contributed by atoms with E-state index in [0.29, 0.717) is 38.6 Å². The van der Waals surface area contributed by atoms with Crippen LogP contribution in [-0.2, 0) is 40.7 Å². The Morgan fingerprint density at radius 1 is 0.257 bits per heavy atom. The molecule has 10 nitrogen and oxygen atoms in total. The Kier molecular flexibility index (Phi) is 19.3. The first-order valence-corrected chi connectivity index (χ1v) is 48.2. The summed E-state index contributed by atoms with van der Waals surface area (Å²) in [6.45, 7) is 9.87. The second-order valence-corrected chi connectivity index (χ2v) is 39.1. The van der Waals surface area contributed by atoms with Gasteiger partial charge in [-0.25, -0.2) is 22.8 Å². The molecule has 0 radical (unpaired) electrons. The van der Waals surface area contributed by atoms with Gasteiger partial charge >= 0.3 is 0 Å². The third-order valence-electron chi connectivity index (χ3n) is 28.8. The van der Waals surface area contributed by atoms with Gasteiger partial charge in [0.2, 0.25) is 28.5 Å². The number of fused-ring (bicyclic) bond motifs is 25. The Labute approximate surface area is 835 Å². The van der Waals surface area contributed by atoms with Gasteiger partial charge in [0.05, 0.1) is 27.8 Å². The summed E-state index contributed by atoms with van der Waals surface area (Å²) in [5, 5.41) is 20.6. The Morgan fingerprint density at radius 2 is 0.600 bits per heavy atom. The normalized spacial score (nSPS) is 14.6. The summed E-state index contributed by atoms with van der Waals surface area (Å²) >= 11 is 0. The van der Waals surface area contributed by atoms with Crippen LogP contribution in [0.3, 0.4) is 0 Å². The summed E-state index contributed by atoms with van der Waals surface area (Å²) in [5.74, 6) is -0.451. The summed E-state index contributed by atoms with van der Waals surface area (Å²) in [5.41, 5.74) is 27.6. The second kappa shape index (κ2) is 35.7. The Hall–Kier alpha value is -15.7. The molecule has 1 saturated carbocycles. The smallest absolute Gasteiger partial charge is 0.216 e. The number of aryl methyl sites for hydroxylation is 15. The number of hydrogen-bond acceptors (Lipinski definition) is 5. The monoisotopic (exact) mass is 1840 g/mol. The van der Waals surface area contributed by atoms with Gasteiger partial charge in [-0.05, 0) is 219 Å². The van der Waals surface area contributed by atoms with E-state index in [2.05, 4.69) is 235 Å². The fourth-order valence-corrected chi connectivity index (χ4v) is 21.5. The van der Waals surface area contributed by atoms with Crippen molar-refractivity contribution in [3.8, 4) is 56.3 Å². The molecule has 10 aromatic heterocycles. The van der Waals surface area contributed by atoms with E-state index in [0.717, 1.165) is 213 Å². The van der Waals surface area contributed by atoms with Gasteiger partial charge in [0.1, 0.15) is 91.1 Å². The lowest BCUT2D eigenvalue weighted by Crippen LogP contribution is -2.33. The van der Waals surface area contributed by atoms with Crippen molar-refractivity contribution in [2.45, 2.75) is 133 Å². The first-order chi connectivity index (χ1) is 73.0. The molecule has 1 aliphatic carbocycles. The van der Waals surface area contributed by atoms with Crippen molar-refractivity contribution in [3.05, 3.63) is 389 Å². The molecule has 1 aliphatic rings. The standard InChI is InChI=1S/C29H28NO.C27H26NO.2C25H22NO.C24H20NO/c1-19-12-15-25-24-16-13-21-10-6-7-11-23(21)28(24)31-29(25)27(19)26-17-14-22(18-30(26)2)20-8-4-3-5-9-20;1-17-10-13-22-21-14-11-18-8-6-7-9-20(18)25(21)29-26(22)24(17)23-15-12-19(16-28(23)5)27(2,3)4;1-15-9-12-21(26(4)14-15)23-17(3)13-16(2)22-20-11-10-18-7-5-6-8-19(18)24(20)27-25(22)23;1-15-9-11-21-20-12-10-18-7-5-6-8-19(18)24(20)27-25(21)23(15)22-13-16(2)17(3)14-26(22)4;1-15-14-16(2)22(20-10-6-7-13-25(20)3)24-21(15)19-12-11-17-8-4-5-9-18(17)23(19)26-24/h6-7,10-18,20H,3-5,8-9H2,1-2H3;6-16H,1-5H3;2*5-14H,1-4H3;4-14H,1-3H3/q5*+1/i20D;;1D3,2D3;3D3;1D3. The highest BCUT2D eigenvalue weighted by atomic mass is 16.3. The molecule has 0 bridgehead atoms. The maximum atomic E-state index is 9.02. The Balaban J connectivity index is 0.000000108. The molecular formula is C130H118N5O5+5. The number of pyridine rings is 5. The fraction of sp³-hybridized carbons (Fsp3) is 0.192. The third-order valence-corrected chi connectivity index (χ3v) is 28.8. The van der Waals surface area contributed by atoms with Crippen molar-refractivity contribution in [3.63, 3.8) is 0 Å². The SMILES string of the molecule is Cc1ccc2c(oc3c4ccccc4ccc23)c1-c1ccc(C(C)(C)C)c[n+]1C.[2H]C([2H])([2H])c1c[n+](C)c(-c2c(C)ccc3c2oc2c4ccccc4ccc32)cc1C.[2H]C([2H])([2H])c1cc(C)c(-c2cccc[n+]2C)c2oc3c4ccccc4ccc3c12.[2H]C([2H])([2H])c1ccc(-c2c(C)cc(C([2H])([2H])[2H])c3c2oc2c4ccccc4ccc23)[n+](C)c1.[2H]C1(c2ccc(-c3c(C)ccc4c3oc3c5ccccc5ccc43)[n+](C)c2)CCCCC1. The fourth-order valence-electron chi connectivity index (χ4n) is 21.5. The summed E-state index contributed by atoms with van der Waals surface area (Å²) in [7, 11) is 9.88. The zero-order valence-corrected chi connectivity index (χ0v) is 81.4. The molecule has 1 fully saturated rings. The minimum atomic E-state index is -2.32. The van der Waals surface area contributed by atoms with Crippen molar-refractivity contribution in [1.82, 2.24) is 0 Å². The zero-order chi connectivity index (χ0) is 107. The molecule has 10 heterocycles. The van der Waals surface area contributed by atoms with Gasteiger partial charge in [-0.2, -0.15) is 0 Å². The van der Waals surface area contributed by atoms with Crippen LogP contribution in [-0.4, -0.2) is 0 Å². The van der Waals surface area contributed by atoms with Gasteiger partial charge in [0.15, 0.2) is 31.0 Å². The number of furan rings is 5. The van der Waals surface area contributed by atoms with Gasteiger partial charge in [-0.3, -0.25) is 0 Å². The van der Waals surface area contributed by atoms with Gasteiger partial charge in [0.25, 0.3) is 0 Å². The highest BCUT2D eigenvalue weighted by molar-refractivity contribution is 6.23. The van der Waals surface area contributed by atoms with E-state index < -0.39 is 33.3 Å². The average molecular weight is 1840 g/mol. The average Bonchev–Trinajstić information content (AvgIpc) is 1.59. The van der Waals surface area contributed by atoms with Crippen molar-refractivity contribution in [2.75, 3.05) is 0 Å². The lowest BCUT2D eigenvalue weighted by Gasteiger charge is -2.21. The molecule has 25 aromatic rings. The van der Waals surface area contributed by atoms with E-state index in [-0.39, 0.29) is 16.5 Å². The number of benzene rings is 15. The largest absolute Gasteiger partial charge is 0.454 e. The van der Waals surface area contributed by atoms with Crippen molar-refractivity contribution in [1.29, 1.82) is 0 Å². The van der Waals surface area contributed by atoms with Gasteiger partial charge in [-0.15, -0.1) is 0 Å². The molecular weight excluding hydrogens is 1710 g/mol. The second-order valence-electron chi connectivity index (χ2n) is 39.1. The summed E-state index contributed by atoms with van der Waals surface area (Å²) < 4.78 is 147. The van der Waals surface area contributed by atoms with Gasteiger partial charge in [0, 0.05) is 157 Å². The van der Waals surface area contributed by atoms with Crippen LogP contribution in [0.1, 0.15) is 143 Å². The lowest BCUT2D eigenvalue weighted by molar-refractivity contribution is -0.661. The lowest BCUT2D eigenvalue weighted by atomic mass is 9.84. The zero-order valence-electron chi connectivity index (χ0n) is 94.4. The van der Waals surface area contributed by atoms with Crippen LogP contribution >= 0.6 is 0 Å². The van der Waals surface area contributed by atoms with E-state index in [9.17, 15) is 0 Å². The van der Waals surface area contributed by atoms with Crippen molar-refractivity contribution < 1.29 is 62.7 Å². The molecule has 0 spiro atoms. The first-order valence-electron chi connectivity index (χ1n) is 54.7. The summed E-state index contributed by atoms with van der Waals surface area (Å²) in [4.78, 5) is 0. The topological polar surface area (TPSA) is 85.1 Å². The van der Waals surface area contributed by atoms with E-state index >= 15 is 0 Å². The maximum absolute atomic E-state index is 9.02. The van der Waals surface area contributed by atoms with Crippen LogP contribution in [0.25, 0.3) is 220 Å². The molecule has 0 amide bonds. The summed E-state index contributed by atoms with van der Waals surface area (Å²) in [6.07, 6.45) is 15.2. The molecule has 140 heavy (non-hydrogen) atoms. The summed E-state index contributed by atoms with van der Waals surface area (Å²) in [6, 6.07) is 98.4. The minimum absolute atomic E-state index is 0.121. The van der Waals surface area contributed by atoms with Crippen LogP contribution in [0.2, 0.25) is 0 Å². The van der Waals surface area contributed by atoms with E-state index in [1.165, 1.54) is 55.9 Å². The molecule has 10 heteroatoms. The van der Waals surface area contributed by atoms with Crippen LogP contribution in [0.4, 0.5) is 0 Å². The van der Waals surface area contributed by atoms with Crippen LogP contribution in [0, 0.1) is 68.9 Å². The molecule has 0 unspecified atom stereocenters. The maximum Gasteiger partial charge on any atom is 0.216 e. The van der Waals surface area contributed by atoms with E-state index in [1.54, 1.807) is 48.3 Å². The third kappa shape index (κ3) is 15.6. The number of rotatable bonds is 6. The van der Waals surface area contributed by atoms with Crippen molar-refractivity contribution >= 4 is 164 Å². The Morgan fingerprint density at radius 3 is 1.00 bits per heavy atom. The van der Waals surface area contributed by atoms with Crippen LogP contribution < -0.4 is 22.8 Å². The number of aromatic nitrogens is 5. The molecule has 688 valence electrons. The van der Waals surface area contributed by atoms with E-state index in [4.69, 9.17) is 39.9 Å². The molecule has 0 atom stereocenters. The molecule has 0 saturated heterocycles. The predicted molar refractivity (Wildman–Crippen MR) is 581 cm³/mol. The molecule has 15 aromatic carbocycles. The molecule has 0 aliphatic heterocycles. The first kappa shape index (κ1) is 75.5. The number of nitrogens with zero attached hydrogens (tertiary/aromatic N) is 5. The van der Waals surface area contributed by atoms with E-state index in [1.807, 2.05) is 159 Å². The minimum Gasteiger partial charge on any atom is -0.454 e. The van der Waals surface area contributed by atoms with Gasteiger partial charge < -0.3 is 22.1 Å². The highest BCUT2D eigenvalue weighted by Gasteiger charge is 2.31. The quantitative estimate of drug-likeness (QED) is 0.155. The Bertz CT molecular complexity index is 9950. The van der Waals surface area contributed by atoms with Gasteiger partial charge in [-0.1, -0.05) is 240 Å². The van der Waals surface area contributed by atoms with Crippen LogP contribution in [0.5, 0.6) is 0 Å². The van der Waals surface area contributed by atoms with Crippen molar-refractivity contribution in [2.24, 2.45) is 35.2 Å². The predicted octanol–water partition coefficient (Wildman–Crippen LogP) is 32.6. The molecule has 26 rings (SSSR count). The van der Waals surface area contributed by atoms with Crippen LogP contribution in [0.15, 0.2) is 344 Å². The number of hydrogen-bond donors (Lipinski definition) is 0. The molecule has 0 N–H and O–H groups in total. The highest BCUT2D eigenvalue weighted by Crippen LogP contribution is 2.48.